The number of rotatable bonds is 33. The lowest BCUT2D eigenvalue weighted by molar-refractivity contribution is -0.161. The van der Waals surface area contributed by atoms with Crippen LogP contribution < -0.4 is 15.4 Å². The summed E-state index contributed by atoms with van der Waals surface area (Å²) >= 11 is 0. The summed E-state index contributed by atoms with van der Waals surface area (Å²) in [4.78, 5) is 54.1. The van der Waals surface area contributed by atoms with Crippen molar-refractivity contribution in [3.05, 3.63) is 127 Å². The molecule has 6 aromatic rings. The predicted octanol–water partition coefficient (Wildman–Crippen LogP) is 10.9. The van der Waals surface area contributed by atoms with Crippen molar-refractivity contribution in [3.63, 3.8) is 0 Å². The van der Waals surface area contributed by atoms with Gasteiger partial charge in [0.25, 0.3) is 0 Å². The van der Waals surface area contributed by atoms with Gasteiger partial charge in [-0.25, -0.2) is 29.3 Å². The Labute approximate surface area is 471 Å². The second kappa shape index (κ2) is 32.2. The zero-order valence-electron chi connectivity index (χ0n) is 46.8. The number of amides is 2. The average Bonchev–Trinajstić information content (AvgIpc) is 3.48. The van der Waals surface area contributed by atoms with E-state index >= 15 is 0 Å². The van der Waals surface area contributed by atoms with Crippen molar-refractivity contribution < 1.29 is 65.0 Å². The van der Waals surface area contributed by atoms with E-state index in [2.05, 4.69) is 10.6 Å². The number of ether oxygens (including phenoxy) is 4. The van der Waals surface area contributed by atoms with Gasteiger partial charge in [0.1, 0.15) is 24.7 Å². The molecule has 5 aromatic carbocycles. The topological polar surface area (TPSA) is 226 Å². The maximum Gasteiger partial charge on any atom is 0.500 e. The number of phenols is 1. The van der Waals surface area contributed by atoms with Crippen molar-refractivity contribution in [2.45, 2.75) is 85.6 Å². The number of hydrogen-bond donors (Lipinski definition) is 3. The Balaban J connectivity index is 1.14. The molecule has 1 unspecified atom stereocenters. The Morgan fingerprint density at radius 2 is 0.875 bits per heavy atom. The highest BCUT2D eigenvalue weighted by Crippen LogP contribution is 2.34. The van der Waals surface area contributed by atoms with Crippen LogP contribution in [0.5, 0.6) is 11.5 Å². The van der Waals surface area contributed by atoms with Gasteiger partial charge in [0.05, 0.1) is 5.56 Å². The molecule has 80 heavy (non-hydrogen) atoms. The summed E-state index contributed by atoms with van der Waals surface area (Å²) in [5.74, 6) is -0.00460. The minimum atomic E-state index is -2.94. The maximum atomic E-state index is 13.7. The highest BCUT2D eigenvalue weighted by atomic mass is 28.4. The normalized spacial score (nSPS) is 11.9. The molecule has 0 spiro atoms. The highest BCUT2D eigenvalue weighted by molar-refractivity contribution is 6.61. The second-order valence-corrected chi connectivity index (χ2v) is 23.4. The number of aromatic nitrogens is 3. The molecule has 1 atom stereocenters. The maximum absolute atomic E-state index is 13.7. The first-order chi connectivity index (χ1) is 38.9. The first kappa shape index (κ1) is 62.1. The van der Waals surface area contributed by atoms with E-state index in [9.17, 15) is 19.5 Å². The number of hydrogen-bond acceptors (Lipinski definition) is 17. The summed E-state index contributed by atoms with van der Waals surface area (Å²) in [6.45, 7) is 14.6. The van der Waals surface area contributed by atoms with Gasteiger partial charge >= 0.3 is 35.8 Å². The quantitative estimate of drug-likeness (QED) is 0.0151. The van der Waals surface area contributed by atoms with Crippen LogP contribution in [0.15, 0.2) is 127 Å². The number of alkyl carbamates (subject to hydrolysis) is 2. The lowest BCUT2D eigenvalue weighted by atomic mass is 10.0. The molecule has 0 bridgehead atoms. The van der Waals surface area contributed by atoms with E-state index in [1.165, 1.54) is 13.0 Å². The standard InChI is InChI=1S/C59H75N5O14Si2/c1-8-71-79(72-9-2,73-10-3)38-20-36-60-58(67)69-41-51(42-70-59(68)61-37-21-39-80(74-11-4,75-12-5)76-13-6)78-57(66)43(7)77-50-34-35-52(53(65)40-50)56-63-54(48-30-26-46(27-31-48)44-22-16-14-17-23-44)62-55(64-56)49-32-28-47(29-33-49)45-24-18-15-19-25-45/h14-19,22-35,40,43,51,65H,8-13,20-21,36-39,41-42H2,1-7H3,(H,60,67)(H,61,68). The highest BCUT2D eigenvalue weighted by Gasteiger charge is 2.41. The smallest absolute Gasteiger partial charge is 0.500 e. The van der Waals surface area contributed by atoms with Crippen molar-refractivity contribution in [2.24, 2.45) is 0 Å². The van der Waals surface area contributed by atoms with Gasteiger partial charge in [-0.05, 0) is 95.7 Å². The second-order valence-electron chi connectivity index (χ2n) is 17.9. The third-order valence-corrected chi connectivity index (χ3v) is 18.4. The SMILES string of the molecule is CCO[Si](CCCNC(=O)OCC(COC(=O)NCCC[Si](OCC)(OCC)OCC)OC(=O)C(C)Oc1ccc(-c2nc(-c3ccc(-c4ccccc4)cc3)nc(-c3ccc(-c4ccccc4)cc3)n2)c(O)c1)(OCC)OCC. The average molecular weight is 1130 g/mol. The molecule has 0 fully saturated rings. The Kier molecular flexibility index (Phi) is 25.0. The molecular weight excluding hydrogens is 1060 g/mol. The molecule has 0 aliphatic rings. The fourth-order valence-electron chi connectivity index (χ4n) is 8.47. The molecule has 2 amide bonds. The van der Waals surface area contributed by atoms with Gasteiger partial charge in [-0.1, -0.05) is 109 Å². The molecule has 428 valence electrons. The third-order valence-electron chi connectivity index (χ3n) is 12.1. The number of benzene rings is 5. The van der Waals surface area contributed by atoms with Gasteiger partial charge in [-0.2, -0.15) is 0 Å². The van der Waals surface area contributed by atoms with Crippen molar-refractivity contribution in [1.82, 2.24) is 25.6 Å². The van der Waals surface area contributed by atoms with E-state index in [0.717, 1.165) is 33.4 Å². The van der Waals surface area contributed by atoms with Crippen molar-refractivity contribution in [2.75, 3.05) is 65.9 Å². The monoisotopic (exact) mass is 1130 g/mol. The van der Waals surface area contributed by atoms with Crippen LogP contribution in [0.25, 0.3) is 56.4 Å². The molecule has 1 aromatic heterocycles. The lowest BCUT2D eigenvalue weighted by Gasteiger charge is -2.28. The van der Waals surface area contributed by atoms with Crippen molar-refractivity contribution >= 4 is 35.8 Å². The minimum absolute atomic E-state index is 0.121. The third kappa shape index (κ3) is 18.8. The summed E-state index contributed by atoms with van der Waals surface area (Å²) in [6, 6.07) is 41.3. The lowest BCUT2D eigenvalue weighted by Crippen LogP contribution is -2.46. The zero-order chi connectivity index (χ0) is 57.2. The molecule has 0 saturated heterocycles. The Bertz CT molecular complexity index is 2650. The summed E-state index contributed by atoms with van der Waals surface area (Å²) in [5.41, 5.74) is 5.94. The fourth-order valence-corrected chi connectivity index (χ4v) is 13.7. The summed E-state index contributed by atoms with van der Waals surface area (Å²) in [7, 11) is -5.88. The number of carbonyl (C=O) groups excluding carboxylic acids is 3. The van der Waals surface area contributed by atoms with Crippen LogP contribution in [0.2, 0.25) is 12.1 Å². The van der Waals surface area contributed by atoms with Gasteiger partial charge in [0, 0.05) is 82.0 Å². The number of nitrogens with one attached hydrogen (secondary N) is 2. The van der Waals surface area contributed by atoms with Crippen LogP contribution in [0.3, 0.4) is 0 Å². The molecule has 6 rings (SSSR count). The largest absolute Gasteiger partial charge is 0.507 e. The van der Waals surface area contributed by atoms with Gasteiger partial charge < -0.3 is 61.2 Å². The van der Waals surface area contributed by atoms with Crippen LogP contribution in [0.1, 0.15) is 61.3 Å². The van der Waals surface area contributed by atoms with E-state index in [4.69, 9.17) is 60.5 Å². The number of nitrogens with zero attached hydrogens (tertiary/aromatic N) is 3. The van der Waals surface area contributed by atoms with Gasteiger partial charge in [-0.15, -0.1) is 0 Å². The molecule has 0 saturated carbocycles. The first-order valence-electron chi connectivity index (χ1n) is 27.3. The van der Waals surface area contributed by atoms with Gasteiger partial charge in [-0.3, -0.25) is 0 Å². The first-order valence-corrected chi connectivity index (χ1v) is 31.2. The van der Waals surface area contributed by atoms with E-state index in [1.807, 2.05) is 151 Å². The zero-order valence-corrected chi connectivity index (χ0v) is 48.8. The van der Waals surface area contributed by atoms with E-state index in [0.29, 0.717) is 76.2 Å². The molecule has 0 aliphatic carbocycles. The van der Waals surface area contributed by atoms with Crippen LogP contribution in [-0.4, -0.2) is 134 Å². The summed E-state index contributed by atoms with van der Waals surface area (Å²) in [6.07, 6.45) is -3.14. The van der Waals surface area contributed by atoms with Gasteiger partial charge in [0.15, 0.2) is 29.7 Å². The summed E-state index contributed by atoms with van der Waals surface area (Å²) in [5, 5.41) is 17.0. The number of aromatic hydroxyl groups is 1. The Hall–Kier alpha value is -7.09. The molecule has 0 radical (unpaired) electrons. The number of esters is 1. The van der Waals surface area contributed by atoms with Crippen molar-refractivity contribution in [1.29, 1.82) is 0 Å². The van der Waals surface area contributed by atoms with Crippen molar-refractivity contribution in [3.8, 4) is 67.9 Å². The van der Waals surface area contributed by atoms with Crippen LogP contribution >= 0.6 is 0 Å². The molecular formula is C59H75N5O14Si2. The molecule has 3 N–H and O–H groups in total. The van der Waals surface area contributed by atoms with E-state index in [1.54, 1.807) is 12.1 Å². The molecule has 19 nitrogen and oxygen atoms in total. The number of phenolic OH excluding ortho intramolecular Hbond substituents is 1. The van der Waals surface area contributed by atoms with E-state index in [-0.39, 0.29) is 36.0 Å². The van der Waals surface area contributed by atoms with Crippen LogP contribution in [0.4, 0.5) is 9.59 Å². The predicted molar refractivity (Wildman–Crippen MR) is 307 cm³/mol. The van der Waals surface area contributed by atoms with Crippen LogP contribution in [0, 0.1) is 0 Å². The molecule has 0 aliphatic heterocycles. The molecule has 21 heteroatoms. The minimum Gasteiger partial charge on any atom is -0.507 e. The van der Waals surface area contributed by atoms with Gasteiger partial charge in [0.2, 0.25) is 0 Å². The Morgan fingerprint density at radius 3 is 1.26 bits per heavy atom. The van der Waals surface area contributed by atoms with Crippen LogP contribution in [-0.2, 0) is 45.6 Å². The number of carbonyl (C=O) groups is 3. The molecule has 1 heterocycles. The van der Waals surface area contributed by atoms with E-state index < -0.39 is 61.2 Å². The Morgan fingerprint density at radius 1 is 0.500 bits per heavy atom. The fraction of sp³-hybridized carbons (Fsp3) is 0.390. The summed E-state index contributed by atoms with van der Waals surface area (Å²) < 4.78 is 58.1.